The zero-order valence-corrected chi connectivity index (χ0v) is 13.4. The van der Waals surface area contributed by atoms with Crippen molar-refractivity contribution in [1.29, 1.82) is 0 Å². The fourth-order valence-corrected chi connectivity index (χ4v) is 2.61. The maximum Gasteiger partial charge on any atom is 0.312 e. The van der Waals surface area contributed by atoms with Gasteiger partial charge < -0.3 is 14.6 Å². The van der Waals surface area contributed by atoms with Gasteiger partial charge in [-0.3, -0.25) is 4.79 Å². The molecule has 1 aromatic carbocycles. The summed E-state index contributed by atoms with van der Waals surface area (Å²) in [5.74, 6) is -0.166. The summed E-state index contributed by atoms with van der Waals surface area (Å²) in [7, 11) is 1.60. The summed E-state index contributed by atoms with van der Waals surface area (Å²) in [5, 5.41) is 11.1. The highest BCUT2D eigenvalue weighted by Crippen LogP contribution is 2.37. The van der Waals surface area contributed by atoms with Crippen molar-refractivity contribution in [2.75, 3.05) is 13.7 Å². The Hall–Kier alpha value is -1.55. The van der Waals surface area contributed by atoms with E-state index in [9.17, 15) is 9.90 Å². The second-order valence-electron chi connectivity index (χ2n) is 5.10. The van der Waals surface area contributed by atoms with Gasteiger partial charge in [0.25, 0.3) is 0 Å². The van der Waals surface area contributed by atoms with Gasteiger partial charge in [0, 0.05) is 0 Å². The van der Waals surface area contributed by atoms with Crippen molar-refractivity contribution in [3.8, 4) is 5.75 Å². The second kappa shape index (κ2) is 8.03. The first-order valence-electron chi connectivity index (χ1n) is 7.56. The van der Waals surface area contributed by atoms with Crippen LogP contribution in [0.3, 0.4) is 0 Å². The number of carbonyl (C=O) groups excluding carboxylic acids is 1. The van der Waals surface area contributed by atoms with Crippen molar-refractivity contribution in [1.82, 2.24) is 0 Å². The Morgan fingerprint density at radius 2 is 1.86 bits per heavy atom. The number of rotatable bonds is 8. The Labute approximate surface area is 127 Å². The van der Waals surface area contributed by atoms with E-state index < -0.39 is 11.5 Å². The molecule has 0 fully saturated rings. The van der Waals surface area contributed by atoms with Gasteiger partial charge in [0.15, 0.2) is 0 Å². The minimum Gasteiger partial charge on any atom is -0.497 e. The Morgan fingerprint density at radius 3 is 2.29 bits per heavy atom. The van der Waals surface area contributed by atoms with Crippen LogP contribution < -0.4 is 4.74 Å². The highest BCUT2D eigenvalue weighted by Gasteiger charge is 2.41. The third kappa shape index (κ3) is 3.97. The molecule has 2 atom stereocenters. The quantitative estimate of drug-likeness (QED) is 0.748. The van der Waals surface area contributed by atoms with Crippen molar-refractivity contribution < 1.29 is 19.4 Å². The maximum absolute atomic E-state index is 12.2. The van der Waals surface area contributed by atoms with Gasteiger partial charge >= 0.3 is 5.97 Å². The molecule has 0 spiro atoms. The number of hydrogen-bond acceptors (Lipinski definition) is 4. The normalized spacial score (nSPS) is 15.1. The summed E-state index contributed by atoms with van der Waals surface area (Å²) in [6.45, 7) is 5.98. The van der Waals surface area contributed by atoms with E-state index in [0.29, 0.717) is 19.4 Å². The molecule has 0 saturated carbocycles. The van der Waals surface area contributed by atoms with Gasteiger partial charge in [0.2, 0.25) is 0 Å². The largest absolute Gasteiger partial charge is 0.497 e. The molecule has 0 aliphatic rings. The number of carbonyl (C=O) groups is 1. The van der Waals surface area contributed by atoms with Gasteiger partial charge in [-0.05, 0) is 37.5 Å². The van der Waals surface area contributed by atoms with Crippen LogP contribution in [0.2, 0.25) is 0 Å². The lowest BCUT2D eigenvalue weighted by Crippen LogP contribution is -2.40. The molecule has 0 saturated heterocycles. The predicted molar refractivity (Wildman–Crippen MR) is 82.2 cm³/mol. The van der Waals surface area contributed by atoms with E-state index in [-0.39, 0.29) is 5.97 Å². The Morgan fingerprint density at radius 1 is 1.24 bits per heavy atom. The molecule has 2 unspecified atom stereocenters. The summed E-state index contributed by atoms with van der Waals surface area (Å²) in [4.78, 5) is 12.2. The number of esters is 1. The van der Waals surface area contributed by atoms with Crippen LogP contribution in [0.15, 0.2) is 24.3 Å². The average Bonchev–Trinajstić information content (AvgIpc) is 2.52. The lowest BCUT2D eigenvalue weighted by atomic mass is 9.77. The molecule has 4 heteroatoms. The van der Waals surface area contributed by atoms with E-state index in [4.69, 9.17) is 9.47 Å². The molecule has 21 heavy (non-hydrogen) atoms. The van der Waals surface area contributed by atoms with Crippen LogP contribution in [0.5, 0.6) is 5.75 Å². The van der Waals surface area contributed by atoms with Gasteiger partial charge in [-0.15, -0.1) is 0 Å². The first-order chi connectivity index (χ1) is 10.0. The fraction of sp³-hybridized carbons (Fsp3) is 0.588. The molecule has 0 heterocycles. The number of ether oxygens (including phenoxy) is 2. The maximum atomic E-state index is 12.2. The Bertz CT molecular complexity index is 441. The standard InChI is InChI=1S/C17H26O4/c1-5-8-15(16(18)21-7-3)17(19,6-2)13-9-11-14(20-4)12-10-13/h9-12,15,19H,5-8H2,1-4H3. The Balaban J connectivity index is 3.15. The lowest BCUT2D eigenvalue weighted by Gasteiger charge is -2.34. The monoisotopic (exact) mass is 294 g/mol. The van der Waals surface area contributed by atoms with Gasteiger partial charge in [-0.1, -0.05) is 32.4 Å². The van der Waals surface area contributed by atoms with E-state index in [1.807, 2.05) is 26.0 Å². The van der Waals surface area contributed by atoms with Crippen LogP contribution in [0, 0.1) is 5.92 Å². The van der Waals surface area contributed by atoms with Crippen molar-refractivity contribution in [3.05, 3.63) is 29.8 Å². The molecule has 0 aliphatic heterocycles. The third-order valence-electron chi connectivity index (χ3n) is 3.85. The van der Waals surface area contributed by atoms with E-state index in [1.54, 1.807) is 26.2 Å². The molecule has 0 aromatic heterocycles. The Kier molecular flexibility index (Phi) is 6.69. The van der Waals surface area contributed by atoms with E-state index in [0.717, 1.165) is 17.7 Å². The van der Waals surface area contributed by atoms with E-state index >= 15 is 0 Å². The third-order valence-corrected chi connectivity index (χ3v) is 3.85. The van der Waals surface area contributed by atoms with Crippen molar-refractivity contribution in [2.24, 2.45) is 5.92 Å². The van der Waals surface area contributed by atoms with Crippen LogP contribution in [0.1, 0.15) is 45.6 Å². The number of methoxy groups -OCH3 is 1. The summed E-state index contributed by atoms with van der Waals surface area (Å²) in [6, 6.07) is 7.21. The highest BCUT2D eigenvalue weighted by atomic mass is 16.5. The minimum absolute atomic E-state index is 0.321. The SMILES string of the molecule is CCCC(C(=O)OCC)C(O)(CC)c1ccc(OC)cc1. The zero-order valence-electron chi connectivity index (χ0n) is 13.4. The summed E-state index contributed by atoms with van der Waals surface area (Å²) >= 11 is 0. The van der Waals surface area contributed by atoms with Crippen LogP contribution in [-0.2, 0) is 15.1 Å². The fourth-order valence-electron chi connectivity index (χ4n) is 2.61. The number of aliphatic hydroxyl groups is 1. The molecule has 1 aromatic rings. The van der Waals surface area contributed by atoms with Crippen molar-refractivity contribution in [2.45, 2.75) is 45.6 Å². The molecule has 0 aliphatic carbocycles. The number of benzene rings is 1. The molecule has 0 amide bonds. The van der Waals surface area contributed by atoms with Crippen LogP contribution in [-0.4, -0.2) is 24.8 Å². The molecule has 1 rings (SSSR count). The number of hydrogen-bond donors (Lipinski definition) is 1. The van der Waals surface area contributed by atoms with Gasteiger partial charge in [-0.2, -0.15) is 0 Å². The summed E-state index contributed by atoms with van der Waals surface area (Å²) in [5.41, 5.74) is -0.494. The van der Waals surface area contributed by atoms with E-state index in [2.05, 4.69) is 0 Å². The second-order valence-corrected chi connectivity index (χ2v) is 5.10. The van der Waals surface area contributed by atoms with Gasteiger partial charge in [0.1, 0.15) is 11.4 Å². The van der Waals surface area contributed by atoms with Gasteiger partial charge in [-0.25, -0.2) is 0 Å². The molecular weight excluding hydrogens is 268 g/mol. The summed E-state index contributed by atoms with van der Waals surface area (Å²) < 4.78 is 10.3. The van der Waals surface area contributed by atoms with Crippen LogP contribution >= 0.6 is 0 Å². The van der Waals surface area contributed by atoms with Crippen LogP contribution in [0.25, 0.3) is 0 Å². The molecule has 0 bridgehead atoms. The van der Waals surface area contributed by atoms with Crippen LogP contribution in [0.4, 0.5) is 0 Å². The van der Waals surface area contributed by atoms with Crippen molar-refractivity contribution >= 4 is 5.97 Å². The first kappa shape index (κ1) is 17.5. The lowest BCUT2D eigenvalue weighted by molar-refractivity contribution is -0.160. The van der Waals surface area contributed by atoms with E-state index in [1.165, 1.54) is 0 Å². The van der Waals surface area contributed by atoms with Crippen molar-refractivity contribution in [3.63, 3.8) is 0 Å². The zero-order chi connectivity index (χ0) is 15.9. The van der Waals surface area contributed by atoms with Gasteiger partial charge in [0.05, 0.1) is 19.6 Å². The highest BCUT2D eigenvalue weighted by molar-refractivity contribution is 5.74. The molecule has 1 N–H and O–H groups in total. The summed E-state index contributed by atoms with van der Waals surface area (Å²) in [6.07, 6.45) is 1.85. The predicted octanol–water partition coefficient (Wildman–Crippen LogP) is 3.27. The minimum atomic E-state index is -1.21. The molecular formula is C17H26O4. The molecule has 0 radical (unpaired) electrons. The topological polar surface area (TPSA) is 55.8 Å². The average molecular weight is 294 g/mol. The molecule has 118 valence electrons. The first-order valence-corrected chi connectivity index (χ1v) is 7.56. The molecule has 4 nitrogen and oxygen atoms in total. The smallest absolute Gasteiger partial charge is 0.312 e.